The molecule has 7 heteroatoms. The summed E-state index contributed by atoms with van der Waals surface area (Å²) in [5, 5.41) is 1.68. The van der Waals surface area contributed by atoms with Gasteiger partial charge in [0.1, 0.15) is 17.4 Å². The summed E-state index contributed by atoms with van der Waals surface area (Å²) in [6.45, 7) is 7.04. The van der Waals surface area contributed by atoms with E-state index in [1.165, 1.54) is 34.8 Å². The topological polar surface area (TPSA) is 42.9 Å². The summed E-state index contributed by atoms with van der Waals surface area (Å²) in [5.74, 6) is -2.54. The standard InChI is InChI=1S/C21H18F2N2OS2/c1-9(13-5-17-19(7-15(13)22)27-11(3)24-17)21(26)10(2)14-6-18-20(8-16(14)23)28-12(4)25-18/h5-10H,1-4H3. The summed E-state index contributed by atoms with van der Waals surface area (Å²) >= 11 is 2.82. The van der Waals surface area contributed by atoms with Crippen LogP contribution >= 0.6 is 22.7 Å². The number of benzene rings is 2. The van der Waals surface area contributed by atoms with Gasteiger partial charge in [0.2, 0.25) is 0 Å². The normalized spacial score (nSPS) is 13.9. The summed E-state index contributed by atoms with van der Waals surface area (Å²) in [6, 6.07) is 6.11. The Hall–Kier alpha value is -2.25. The van der Waals surface area contributed by atoms with Gasteiger partial charge in [-0.1, -0.05) is 13.8 Å². The van der Waals surface area contributed by atoms with Gasteiger partial charge in [-0.2, -0.15) is 0 Å². The third kappa shape index (κ3) is 3.22. The molecule has 0 aliphatic carbocycles. The lowest BCUT2D eigenvalue weighted by Crippen LogP contribution is -2.18. The number of carbonyl (C=O) groups is 1. The Morgan fingerprint density at radius 1 is 0.821 bits per heavy atom. The van der Waals surface area contributed by atoms with Crippen LogP contribution < -0.4 is 0 Å². The number of halogens is 2. The van der Waals surface area contributed by atoms with Crippen molar-refractivity contribution in [3.8, 4) is 0 Å². The Morgan fingerprint density at radius 3 is 1.61 bits per heavy atom. The molecule has 28 heavy (non-hydrogen) atoms. The van der Waals surface area contributed by atoms with Crippen LogP contribution in [0.2, 0.25) is 0 Å². The maximum Gasteiger partial charge on any atom is 0.147 e. The van der Waals surface area contributed by atoms with Crippen molar-refractivity contribution in [1.82, 2.24) is 9.97 Å². The Bertz CT molecular complexity index is 1130. The summed E-state index contributed by atoms with van der Waals surface area (Å²) in [5.41, 5.74) is 1.94. The van der Waals surface area contributed by atoms with Gasteiger partial charge in [-0.3, -0.25) is 4.79 Å². The Balaban J connectivity index is 1.70. The highest BCUT2D eigenvalue weighted by Gasteiger charge is 2.28. The van der Waals surface area contributed by atoms with Crippen LogP contribution in [0, 0.1) is 25.5 Å². The zero-order chi connectivity index (χ0) is 20.2. The molecule has 0 spiro atoms. The number of hydrogen-bond acceptors (Lipinski definition) is 5. The number of thiazole rings is 2. The first-order valence-corrected chi connectivity index (χ1v) is 10.5. The number of aryl methyl sites for hydroxylation is 2. The highest BCUT2D eigenvalue weighted by Crippen LogP contribution is 2.34. The second kappa shape index (κ2) is 6.97. The molecule has 0 saturated carbocycles. The molecule has 2 heterocycles. The van der Waals surface area contributed by atoms with Crippen molar-refractivity contribution >= 4 is 48.9 Å². The molecule has 3 nitrogen and oxygen atoms in total. The first-order valence-electron chi connectivity index (χ1n) is 8.91. The van der Waals surface area contributed by atoms with E-state index in [1.54, 1.807) is 26.0 Å². The van der Waals surface area contributed by atoms with Gasteiger partial charge in [0.15, 0.2) is 0 Å². The SMILES string of the molecule is Cc1nc2cc(C(C)C(=O)C(C)c3cc4nc(C)sc4cc3F)c(F)cc2s1. The van der Waals surface area contributed by atoms with Gasteiger partial charge >= 0.3 is 0 Å². The van der Waals surface area contributed by atoms with Crippen molar-refractivity contribution < 1.29 is 13.6 Å². The van der Waals surface area contributed by atoms with Gasteiger partial charge < -0.3 is 0 Å². The molecule has 0 bridgehead atoms. The van der Waals surface area contributed by atoms with E-state index in [0.717, 1.165) is 19.4 Å². The number of aromatic nitrogens is 2. The maximum atomic E-state index is 14.6. The van der Waals surface area contributed by atoms with Gasteiger partial charge in [0.25, 0.3) is 0 Å². The zero-order valence-corrected chi connectivity index (χ0v) is 17.5. The molecule has 0 amide bonds. The Morgan fingerprint density at radius 2 is 1.21 bits per heavy atom. The molecule has 2 aromatic carbocycles. The van der Waals surface area contributed by atoms with Crippen LogP contribution in [0.1, 0.15) is 46.8 Å². The van der Waals surface area contributed by atoms with E-state index in [-0.39, 0.29) is 5.78 Å². The predicted octanol–water partition coefficient (Wildman–Crippen LogP) is 6.28. The van der Waals surface area contributed by atoms with Crippen molar-refractivity contribution in [2.24, 2.45) is 0 Å². The molecule has 2 unspecified atom stereocenters. The fraction of sp³-hybridized carbons (Fsp3) is 0.286. The van der Waals surface area contributed by atoms with Crippen LogP contribution in [0.3, 0.4) is 0 Å². The minimum absolute atomic E-state index is 0.240. The van der Waals surface area contributed by atoms with Crippen LogP contribution in [0.25, 0.3) is 20.4 Å². The molecule has 0 saturated heterocycles. The van der Waals surface area contributed by atoms with Gasteiger partial charge in [-0.25, -0.2) is 18.7 Å². The van der Waals surface area contributed by atoms with E-state index in [0.29, 0.717) is 22.2 Å². The fourth-order valence-corrected chi connectivity index (χ4v) is 5.17. The maximum absolute atomic E-state index is 14.6. The lowest BCUT2D eigenvalue weighted by molar-refractivity contribution is -0.121. The Labute approximate surface area is 169 Å². The fourth-order valence-electron chi connectivity index (χ4n) is 3.51. The molecule has 4 aromatic rings. The molecule has 2 aromatic heterocycles. The summed E-state index contributed by atoms with van der Waals surface area (Å²) in [6.07, 6.45) is 0. The van der Waals surface area contributed by atoms with E-state index < -0.39 is 23.5 Å². The number of rotatable bonds is 4. The number of hydrogen-bond donors (Lipinski definition) is 0. The van der Waals surface area contributed by atoms with E-state index in [9.17, 15) is 13.6 Å². The molecule has 0 aliphatic heterocycles. The summed E-state index contributed by atoms with van der Waals surface area (Å²) in [4.78, 5) is 21.8. The third-order valence-corrected chi connectivity index (χ3v) is 6.88. The van der Waals surface area contributed by atoms with E-state index in [2.05, 4.69) is 9.97 Å². The largest absolute Gasteiger partial charge is 0.298 e. The molecule has 0 N–H and O–H groups in total. The van der Waals surface area contributed by atoms with Gasteiger partial charge in [0.05, 0.1) is 30.4 Å². The number of nitrogens with zero attached hydrogens (tertiary/aromatic N) is 2. The molecule has 0 aliphatic rings. The number of Topliss-reactive ketones (excluding diaryl/α,β-unsaturated/α-hetero) is 1. The molecular formula is C21H18F2N2OS2. The number of fused-ring (bicyclic) bond motifs is 2. The second-order valence-corrected chi connectivity index (χ2v) is 9.46. The zero-order valence-electron chi connectivity index (χ0n) is 15.8. The van der Waals surface area contributed by atoms with Gasteiger partial charge in [0, 0.05) is 23.0 Å². The lowest BCUT2D eigenvalue weighted by Gasteiger charge is -2.18. The van der Waals surface area contributed by atoms with Crippen LogP contribution in [-0.4, -0.2) is 15.8 Å². The van der Waals surface area contributed by atoms with E-state index in [4.69, 9.17) is 0 Å². The Kier molecular flexibility index (Phi) is 4.75. The summed E-state index contributed by atoms with van der Waals surface area (Å²) in [7, 11) is 0. The van der Waals surface area contributed by atoms with Crippen molar-refractivity contribution in [2.45, 2.75) is 39.5 Å². The van der Waals surface area contributed by atoms with E-state index in [1.807, 2.05) is 13.8 Å². The number of carbonyl (C=O) groups excluding carboxylic acids is 1. The lowest BCUT2D eigenvalue weighted by atomic mass is 9.85. The van der Waals surface area contributed by atoms with Gasteiger partial charge in [-0.05, 0) is 38.1 Å². The van der Waals surface area contributed by atoms with Crippen LogP contribution in [-0.2, 0) is 4.79 Å². The van der Waals surface area contributed by atoms with E-state index >= 15 is 0 Å². The minimum Gasteiger partial charge on any atom is -0.298 e. The number of ketones is 1. The average Bonchev–Trinajstić information content (AvgIpc) is 3.17. The summed E-state index contributed by atoms with van der Waals surface area (Å²) < 4.78 is 30.8. The minimum atomic E-state index is -0.714. The first kappa shape index (κ1) is 19.1. The molecule has 4 rings (SSSR count). The van der Waals surface area contributed by atoms with Crippen LogP contribution in [0.15, 0.2) is 24.3 Å². The van der Waals surface area contributed by atoms with Crippen molar-refractivity contribution in [3.63, 3.8) is 0 Å². The molecule has 144 valence electrons. The van der Waals surface area contributed by atoms with Crippen molar-refractivity contribution in [3.05, 3.63) is 57.0 Å². The van der Waals surface area contributed by atoms with Crippen molar-refractivity contribution in [1.29, 1.82) is 0 Å². The molecule has 0 radical (unpaired) electrons. The van der Waals surface area contributed by atoms with Gasteiger partial charge in [-0.15, -0.1) is 22.7 Å². The molecule has 0 fully saturated rings. The van der Waals surface area contributed by atoms with Crippen LogP contribution in [0.4, 0.5) is 8.78 Å². The van der Waals surface area contributed by atoms with Crippen molar-refractivity contribution in [2.75, 3.05) is 0 Å². The second-order valence-electron chi connectivity index (χ2n) is 6.99. The highest BCUT2D eigenvalue weighted by molar-refractivity contribution is 7.18. The smallest absolute Gasteiger partial charge is 0.147 e. The predicted molar refractivity (Wildman–Crippen MR) is 110 cm³/mol. The average molecular weight is 417 g/mol. The quantitative estimate of drug-likeness (QED) is 0.393. The monoisotopic (exact) mass is 416 g/mol. The third-order valence-electron chi connectivity index (χ3n) is 5.01. The first-order chi connectivity index (χ1) is 13.2. The van der Waals surface area contributed by atoms with Crippen LogP contribution in [0.5, 0.6) is 0 Å². The molecular weight excluding hydrogens is 398 g/mol. The molecule has 2 atom stereocenters. The highest BCUT2D eigenvalue weighted by atomic mass is 32.1.